The summed E-state index contributed by atoms with van der Waals surface area (Å²) in [6.45, 7) is 4.81. The van der Waals surface area contributed by atoms with Crippen LogP contribution in [0.5, 0.6) is 0 Å². The molecule has 1 heterocycles. The number of hydrogen-bond acceptors (Lipinski definition) is 3. The molecule has 1 aromatic rings. The molecule has 18 heavy (non-hydrogen) atoms. The number of rotatable bonds is 2. The number of nitrogens with zero attached hydrogens (tertiary/aromatic N) is 2. The molecule has 1 atom stereocenters. The largest absolute Gasteiger partial charge is 0.390 e. The molecule has 1 N–H and O–H groups in total. The monoisotopic (exact) mass is 244 g/mol. The van der Waals surface area contributed by atoms with Gasteiger partial charge in [-0.15, -0.1) is 0 Å². The molecule has 0 radical (unpaired) electrons. The molecular weight excluding hydrogens is 224 g/mol. The van der Waals surface area contributed by atoms with Crippen LogP contribution in [0, 0.1) is 11.3 Å². The first kappa shape index (κ1) is 13.1. The highest BCUT2D eigenvalue weighted by Gasteiger charge is 2.24. The fourth-order valence-electron chi connectivity index (χ4n) is 2.42. The maximum absolute atomic E-state index is 10.0. The summed E-state index contributed by atoms with van der Waals surface area (Å²) in [5, 5.41) is 18.8. The zero-order valence-electron chi connectivity index (χ0n) is 10.9. The summed E-state index contributed by atoms with van der Waals surface area (Å²) >= 11 is 0. The van der Waals surface area contributed by atoms with Gasteiger partial charge in [0.2, 0.25) is 0 Å². The minimum atomic E-state index is -0.501. The molecule has 3 heteroatoms. The van der Waals surface area contributed by atoms with Crippen LogP contribution in [0.15, 0.2) is 24.3 Å². The molecule has 1 unspecified atom stereocenters. The molecule has 1 fully saturated rings. The van der Waals surface area contributed by atoms with Crippen molar-refractivity contribution in [2.24, 2.45) is 0 Å². The van der Waals surface area contributed by atoms with E-state index in [4.69, 9.17) is 5.26 Å². The number of likely N-dealkylation sites (tertiary alicyclic amines) is 1. The van der Waals surface area contributed by atoms with E-state index in [-0.39, 0.29) is 0 Å². The van der Waals surface area contributed by atoms with Crippen molar-refractivity contribution in [3.8, 4) is 6.07 Å². The third-order valence-corrected chi connectivity index (χ3v) is 3.65. The van der Waals surface area contributed by atoms with Crippen molar-refractivity contribution in [1.82, 2.24) is 4.90 Å². The Morgan fingerprint density at radius 1 is 1.28 bits per heavy atom. The first-order chi connectivity index (χ1) is 8.59. The molecule has 1 aliphatic rings. The molecule has 96 valence electrons. The van der Waals surface area contributed by atoms with Crippen LogP contribution in [0.2, 0.25) is 0 Å². The molecule has 0 aromatic heterocycles. The van der Waals surface area contributed by atoms with Gasteiger partial charge in [0.25, 0.3) is 0 Å². The molecular formula is C15H20N2O. The van der Waals surface area contributed by atoms with Gasteiger partial charge in [0.05, 0.1) is 17.2 Å². The van der Waals surface area contributed by atoms with Gasteiger partial charge in [-0.05, 0) is 50.4 Å². The lowest BCUT2D eigenvalue weighted by Crippen LogP contribution is -2.28. The zero-order valence-corrected chi connectivity index (χ0v) is 10.9. The maximum atomic E-state index is 10.0. The van der Waals surface area contributed by atoms with Gasteiger partial charge in [0.1, 0.15) is 0 Å². The Kier molecular flexibility index (Phi) is 4.00. The second kappa shape index (κ2) is 5.51. The van der Waals surface area contributed by atoms with Crippen LogP contribution in [0.4, 0.5) is 0 Å². The van der Waals surface area contributed by atoms with Crippen LogP contribution in [0.1, 0.15) is 37.3 Å². The first-order valence-electron chi connectivity index (χ1n) is 6.53. The lowest BCUT2D eigenvalue weighted by molar-refractivity contribution is 0.0444. The minimum Gasteiger partial charge on any atom is -0.390 e. The molecule has 3 nitrogen and oxygen atoms in total. The van der Waals surface area contributed by atoms with Crippen molar-refractivity contribution in [3.63, 3.8) is 0 Å². The molecule has 0 bridgehead atoms. The van der Waals surface area contributed by atoms with E-state index < -0.39 is 5.60 Å². The summed E-state index contributed by atoms with van der Waals surface area (Å²) < 4.78 is 0. The van der Waals surface area contributed by atoms with Crippen LogP contribution in [0.25, 0.3) is 0 Å². The molecule has 2 rings (SSSR count). The number of hydrogen-bond donors (Lipinski definition) is 1. The highest BCUT2D eigenvalue weighted by molar-refractivity contribution is 5.31. The summed E-state index contributed by atoms with van der Waals surface area (Å²) in [7, 11) is 0. The first-order valence-corrected chi connectivity index (χ1v) is 6.53. The molecule has 1 aliphatic heterocycles. The SMILES string of the molecule is CC1(O)CCCN(Cc2ccc(C#N)cc2)CC1. The van der Waals surface area contributed by atoms with E-state index in [1.165, 1.54) is 5.56 Å². The van der Waals surface area contributed by atoms with E-state index in [9.17, 15) is 5.11 Å². The molecule has 1 saturated heterocycles. The van der Waals surface area contributed by atoms with Gasteiger partial charge >= 0.3 is 0 Å². The lowest BCUT2D eigenvalue weighted by Gasteiger charge is -2.22. The predicted molar refractivity (Wildman–Crippen MR) is 70.9 cm³/mol. The second-order valence-electron chi connectivity index (χ2n) is 5.44. The van der Waals surface area contributed by atoms with Crippen LogP contribution < -0.4 is 0 Å². The third-order valence-electron chi connectivity index (χ3n) is 3.65. The van der Waals surface area contributed by atoms with Crippen LogP contribution in [-0.2, 0) is 6.54 Å². The smallest absolute Gasteiger partial charge is 0.0991 e. The molecule has 0 amide bonds. The quantitative estimate of drug-likeness (QED) is 0.868. The van der Waals surface area contributed by atoms with Gasteiger partial charge in [0.15, 0.2) is 0 Å². The van der Waals surface area contributed by atoms with Gasteiger partial charge in [-0.3, -0.25) is 4.90 Å². The Morgan fingerprint density at radius 2 is 2.00 bits per heavy atom. The standard InChI is InChI=1S/C15H20N2O/c1-15(18)7-2-9-17(10-8-15)12-14-5-3-13(11-16)4-6-14/h3-6,18H,2,7-10,12H2,1H3. The Morgan fingerprint density at radius 3 is 2.67 bits per heavy atom. The Bertz CT molecular complexity index is 431. The molecule has 0 saturated carbocycles. The number of benzene rings is 1. The minimum absolute atomic E-state index is 0.501. The van der Waals surface area contributed by atoms with Gasteiger partial charge < -0.3 is 5.11 Å². The van der Waals surface area contributed by atoms with E-state index in [0.29, 0.717) is 5.56 Å². The Balaban J connectivity index is 1.95. The van der Waals surface area contributed by atoms with Gasteiger partial charge in [-0.2, -0.15) is 5.26 Å². The fourth-order valence-corrected chi connectivity index (χ4v) is 2.42. The summed E-state index contributed by atoms with van der Waals surface area (Å²) in [6, 6.07) is 9.89. The van der Waals surface area contributed by atoms with Crippen molar-refractivity contribution in [1.29, 1.82) is 5.26 Å². The van der Waals surface area contributed by atoms with Crippen molar-refractivity contribution in [2.75, 3.05) is 13.1 Å². The van der Waals surface area contributed by atoms with Crippen LogP contribution >= 0.6 is 0 Å². The fraction of sp³-hybridized carbons (Fsp3) is 0.533. The van der Waals surface area contributed by atoms with Gasteiger partial charge in [0, 0.05) is 13.1 Å². The average molecular weight is 244 g/mol. The molecule has 0 spiro atoms. The highest BCUT2D eigenvalue weighted by atomic mass is 16.3. The van der Waals surface area contributed by atoms with E-state index in [0.717, 1.165) is 38.9 Å². The summed E-state index contributed by atoms with van der Waals surface area (Å²) in [4.78, 5) is 2.38. The zero-order chi connectivity index (χ0) is 13.0. The Hall–Kier alpha value is -1.37. The van der Waals surface area contributed by atoms with Crippen molar-refractivity contribution in [2.45, 2.75) is 38.3 Å². The van der Waals surface area contributed by atoms with E-state index in [1.54, 1.807) is 0 Å². The molecule has 0 aliphatic carbocycles. The van der Waals surface area contributed by atoms with Crippen molar-refractivity contribution in [3.05, 3.63) is 35.4 Å². The van der Waals surface area contributed by atoms with Gasteiger partial charge in [-0.1, -0.05) is 12.1 Å². The summed E-state index contributed by atoms with van der Waals surface area (Å²) in [6.07, 6.45) is 2.77. The normalized spacial score (nSPS) is 25.4. The van der Waals surface area contributed by atoms with Crippen LogP contribution in [0.3, 0.4) is 0 Å². The maximum Gasteiger partial charge on any atom is 0.0991 e. The summed E-state index contributed by atoms with van der Waals surface area (Å²) in [5.41, 5.74) is 1.44. The topological polar surface area (TPSA) is 47.3 Å². The average Bonchev–Trinajstić information content (AvgIpc) is 2.52. The van der Waals surface area contributed by atoms with E-state index in [1.807, 2.05) is 31.2 Å². The van der Waals surface area contributed by atoms with Crippen molar-refractivity contribution < 1.29 is 5.11 Å². The summed E-state index contributed by atoms with van der Waals surface area (Å²) in [5.74, 6) is 0. The van der Waals surface area contributed by atoms with E-state index in [2.05, 4.69) is 11.0 Å². The third kappa shape index (κ3) is 3.56. The number of nitriles is 1. The van der Waals surface area contributed by atoms with Crippen molar-refractivity contribution >= 4 is 0 Å². The predicted octanol–water partition coefficient (Wildman–Crippen LogP) is 2.30. The number of aliphatic hydroxyl groups is 1. The van der Waals surface area contributed by atoms with E-state index >= 15 is 0 Å². The van der Waals surface area contributed by atoms with Crippen LogP contribution in [-0.4, -0.2) is 28.7 Å². The highest BCUT2D eigenvalue weighted by Crippen LogP contribution is 2.22. The van der Waals surface area contributed by atoms with Gasteiger partial charge in [-0.25, -0.2) is 0 Å². The molecule has 1 aromatic carbocycles. The Labute approximate surface area is 109 Å². The lowest BCUT2D eigenvalue weighted by atomic mass is 9.98. The second-order valence-corrected chi connectivity index (χ2v) is 5.44.